The fraction of sp³-hybridized carbons (Fsp3) is 0.267. The molecule has 0 unspecified atom stereocenters. The highest BCUT2D eigenvalue weighted by Crippen LogP contribution is 2.02. The SMILES string of the molecule is CN(CCNC(=O)[CH]CC=Cc1ccccc1)C(N)=O. The van der Waals surface area contributed by atoms with E-state index in [0.717, 1.165) is 5.56 Å². The standard InChI is InChI=1S/C15H20N3O2/c1-18(15(16)20)12-11-17-14(19)10-6-5-9-13-7-3-2-4-8-13/h2-5,7-10H,6,11-12H2,1H3,(H2,16,20)(H,17,19). The molecule has 0 spiro atoms. The van der Waals surface area contributed by atoms with Crippen molar-refractivity contribution in [2.45, 2.75) is 6.42 Å². The van der Waals surface area contributed by atoms with Crippen molar-refractivity contribution < 1.29 is 9.59 Å². The Morgan fingerprint density at radius 3 is 2.65 bits per heavy atom. The van der Waals surface area contributed by atoms with Crippen molar-refractivity contribution in [3.05, 3.63) is 48.4 Å². The zero-order valence-electron chi connectivity index (χ0n) is 11.6. The van der Waals surface area contributed by atoms with E-state index in [1.54, 1.807) is 13.5 Å². The zero-order chi connectivity index (χ0) is 14.8. The van der Waals surface area contributed by atoms with E-state index >= 15 is 0 Å². The van der Waals surface area contributed by atoms with E-state index in [0.29, 0.717) is 19.5 Å². The van der Waals surface area contributed by atoms with Crippen molar-refractivity contribution in [1.82, 2.24) is 10.2 Å². The third-order valence-electron chi connectivity index (χ3n) is 2.67. The van der Waals surface area contributed by atoms with E-state index in [9.17, 15) is 9.59 Å². The van der Waals surface area contributed by atoms with Crippen LogP contribution in [0.5, 0.6) is 0 Å². The Balaban J connectivity index is 2.14. The second-order valence-corrected chi connectivity index (χ2v) is 4.30. The Kier molecular flexibility index (Phi) is 6.89. The smallest absolute Gasteiger partial charge is 0.314 e. The zero-order valence-corrected chi connectivity index (χ0v) is 11.6. The molecule has 0 heterocycles. The number of rotatable bonds is 7. The van der Waals surface area contributed by atoms with Gasteiger partial charge in [-0.1, -0.05) is 42.5 Å². The summed E-state index contributed by atoms with van der Waals surface area (Å²) in [7, 11) is 1.58. The number of carbonyl (C=O) groups excluding carboxylic acids is 2. The highest BCUT2D eigenvalue weighted by molar-refractivity contribution is 5.84. The van der Waals surface area contributed by atoms with Crippen LogP contribution < -0.4 is 11.1 Å². The number of nitrogens with zero attached hydrogens (tertiary/aromatic N) is 1. The minimum absolute atomic E-state index is 0.152. The van der Waals surface area contributed by atoms with Crippen molar-refractivity contribution in [3.63, 3.8) is 0 Å². The molecule has 0 saturated carbocycles. The van der Waals surface area contributed by atoms with Crippen LogP contribution in [0, 0.1) is 6.42 Å². The summed E-state index contributed by atoms with van der Waals surface area (Å²) in [5.74, 6) is -0.152. The van der Waals surface area contributed by atoms with Crippen LogP contribution in [0.3, 0.4) is 0 Å². The van der Waals surface area contributed by atoms with Gasteiger partial charge in [0.15, 0.2) is 0 Å². The maximum absolute atomic E-state index is 11.5. The first-order valence-electron chi connectivity index (χ1n) is 6.43. The van der Waals surface area contributed by atoms with E-state index in [-0.39, 0.29) is 5.91 Å². The Labute approximate surface area is 119 Å². The third kappa shape index (κ3) is 6.58. The molecule has 0 fully saturated rings. The molecular weight excluding hydrogens is 254 g/mol. The van der Waals surface area contributed by atoms with E-state index in [4.69, 9.17) is 5.73 Å². The largest absolute Gasteiger partial charge is 0.354 e. The number of allylic oxidation sites excluding steroid dienone is 1. The van der Waals surface area contributed by atoms with Gasteiger partial charge >= 0.3 is 6.03 Å². The number of hydrogen-bond donors (Lipinski definition) is 2. The van der Waals surface area contributed by atoms with Crippen LogP contribution in [-0.4, -0.2) is 37.0 Å². The number of likely N-dealkylation sites (N-methyl/N-ethyl adjacent to an activating group) is 1. The second-order valence-electron chi connectivity index (χ2n) is 4.30. The first kappa shape index (κ1) is 15.8. The van der Waals surface area contributed by atoms with Gasteiger partial charge in [-0.15, -0.1) is 0 Å². The molecule has 0 aromatic heterocycles. The number of amides is 3. The molecule has 0 aliphatic rings. The number of hydrogen-bond acceptors (Lipinski definition) is 2. The predicted octanol–water partition coefficient (Wildman–Crippen LogP) is 1.42. The van der Waals surface area contributed by atoms with Crippen LogP contribution in [0.4, 0.5) is 4.79 Å². The average Bonchev–Trinajstić information content (AvgIpc) is 2.44. The van der Waals surface area contributed by atoms with Crippen molar-refractivity contribution in [2.75, 3.05) is 20.1 Å². The van der Waals surface area contributed by atoms with E-state index < -0.39 is 6.03 Å². The van der Waals surface area contributed by atoms with Gasteiger partial charge in [0, 0.05) is 20.1 Å². The van der Waals surface area contributed by atoms with E-state index in [2.05, 4.69) is 5.32 Å². The van der Waals surface area contributed by atoms with E-state index in [1.165, 1.54) is 4.90 Å². The lowest BCUT2D eigenvalue weighted by Gasteiger charge is -2.13. The van der Waals surface area contributed by atoms with Gasteiger partial charge in [0.05, 0.1) is 6.42 Å². The molecule has 0 bridgehead atoms. The molecule has 1 aromatic carbocycles. The molecule has 5 heteroatoms. The maximum atomic E-state index is 11.5. The molecule has 3 amide bonds. The molecule has 107 valence electrons. The van der Waals surface area contributed by atoms with Crippen LogP contribution in [0.25, 0.3) is 6.08 Å². The molecule has 1 rings (SSSR count). The molecule has 0 atom stereocenters. The fourth-order valence-corrected chi connectivity index (χ4v) is 1.47. The predicted molar refractivity (Wildman–Crippen MR) is 79.6 cm³/mol. The first-order chi connectivity index (χ1) is 9.59. The lowest BCUT2D eigenvalue weighted by Crippen LogP contribution is -2.38. The van der Waals surface area contributed by atoms with Crippen molar-refractivity contribution in [1.29, 1.82) is 0 Å². The van der Waals surface area contributed by atoms with Crippen molar-refractivity contribution in [3.8, 4) is 0 Å². The number of carbonyl (C=O) groups is 2. The fourth-order valence-electron chi connectivity index (χ4n) is 1.47. The number of primary amides is 1. The summed E-state index contributed by atoms with van der Waals surface area (Å²) < 4.78 is 0. The summed E-state index contributed by atoms with van der Waals surface area (Å²) in [5, 5.41) is 2.69. The molecular formula is C15H20N3O2. The Bertz CT molecular complexity index is 457. The van der Waals surface area contributed by atoms with Gasteiger partial charge in [0.25, 0.3) is 0 Å². The Hall–Kier alpha value is -2.30. The van der Waals surface area contributed by atoms with Crippen molar-refractivity contribution in [2.24, 2.45) is 5.73 Å². The van der Waals surface area contributed by atoms with Crippen LogP contribution in [0.2, 0.25) is 0 Å². The molecule has 5 nitrogen and oxygen atoms in total. The quantitative estimate of drug-likeness (QED) is 0.789. The van der Waals surface area contributed by atoms with Crippen LogP contribution in [-0.2, 0) is 4.79 Å². The van der Waals surface area contributed by atoms with Gasteiger partial charge in [-0.25, -0.2) is 4.79 Å². The van der Waals surface area contributed by atoms with Gasteiger partial charge in [0.2, 0.25) is 5.91 Å². The topological polar surface area (TPSA) is 75.4 Å². The normalized spacial score (nSPS) is 10.4. The highest BCUT2D eigenvalue weighted by Gasteiger charge is 2.03. The average molecular weight is 274 g/mol. The van der Waals surface area contributed by atoms with Crippen LogP contribution in [0.1, 0.15) is 12.0 Å². The minimum Gasteiger partial charge on any atom is -0.354 e. The first-order valence-corrected chi connectivity index (χ1v) is 6.43. The van der Waals surface area contributed by atoms with Gasteiger partial charge in [-0.3, -0.25) is 4.79 Å². The molecule has 0 aliphatic carbocycles. The van der Waals surface area contributed by atoms with Crippen LogP contribution >= 0.6 is 0 Å². The minimum atomic E-state index is -0.506. The summed E-state index contributed by atoms with van der Waals surface area (Å²) in [6.07, 6.45) is 6.01. The highest BCUT2D eigenvalue weighted by atomic mass is 16.2. The summed E-state index contributed by atoms with van der Waals surface area (Å²) in [4.78, 5) is 23.6. The molecule has 0 saturated heterocycles. The maximum Gasteiger partial charge on any atom is 0.314 e. The monoisotopic (exact) mass is 274 g/mol. The molecule has 1 radical (unpaired) electrons. The van der Waals surface area contributed by atoms with Gasteiger partial charge < -0.3 is 16.0 Å². The number of nitrogens with two attached hydrogens (primary N) is 1. The number of benzene rings is 1. The second kappa shape index (κ2) is 8.74. The Morgan fingerprint density at radius 1 is 1.30 bits per heavy atom. The lowest BCUT2D eigenvalue weighted by molar-refractivity contribution is -0.117. The van der Waals surface area contributed by atoms with Gasteiger partial charge in [-0.2, -0.15) is 0 Å². The lowest BCUT2D eigenvalue weighted by atomic mass is 10.2. The molecule has 3 N–H and O–H groups in total. The van der Waals surface area contributed by atoms with Crippen molar-refractivity contribution >= 4 is 18.0 Å². The third-order valence-corrected chi connectivity index (χ3v) is 2.67. The Morgan fingerprint density at radius 2 is 2.00 bits per heavy atom. The number of nitrogens with one attached hydrogen (secondary N) is 1. The molecule has 0 aliphatic heterocycles. The summed E-state index contributed by atoms with van der Waals surface area (Å²) in [6, 6.07) is 9.37. The summed E-state index contributed by atoms with van der Waals surface area (Å²) >= 11 is 0. The van der Waals surface area contributed by atoms with Crippen LogP contribution in [0.15, 0.2) is 36.4 Å². The van der Waals surface area contributed by atoms with Gasteiger partial charge in [0.1, 0.15) is 0 Å². The molecule has 20 heavy (non-hydrogen) atoms. The molecule has 1 aromatic rings. The summed E-state index contributed by atoms with van der Waals surface area (Å²) in [5.41, 5.74) is 6.16. The van der Waals surface area contributed by atoms with E-state index in [1.807, 2.05) is 42.5 Å². The number of urea groups is 1. The van der Waals surface area contributed by atoms with Gasteiger partial charge in [-0.05, 0) is 12.0 Å². The summed E-state index contributed by atoms with van der Waals surface area (Å²) in [6.45, 7) is 0.784.